The zero-order valence-electron chi connectivity index (χ0n) is 50.3. The second kappa shape index (κ2) is 29.5. The van der Waals surface area contributed by atoms with Crippen molar-refractivity contribution in [3.8, 4) is 43.4 Å². The van der Waals surface area contributed by atoms with Gasteiger partial charge in [0.15, 0.2) is 6.10 Å². The highest BCUT2D eigenvalue weighted by molar-refractivity contribution is 7.15. The van der Waals surface area contributed by atoms with Crippen molar-refractivity contribution >= 4 is 121 Å². The van der Waals surface area contributed by atoms with E-state index in [1.807, 2.05) is 13.8 Å². The second-order valence-electron chi connectivity index (χ2n) is 21.7. The zero-order chi connectivity index (χ0) is 64.4. The maximum atomic E-state index is 14.4. The molecule has 0 saturated carbocycles. The summed E-state index contributed by atoms with van der Waals surface area (Å²) in [5, 5.41) is 28.9. The number of rotatable bonds is 15. The minimum Gasteiger partial charge on any atom is -0.455 e. The first-order chi connectivity index (χ1) is 43.0. The minimum atomic E-state index is -1.09. The van der Waals surface area contributed by atoms with Gasteiger partial charge in [0.2, 0.25) is 17.7 Å². The van der Waals surface area contributed by atoms with Gasteiger partial charge in [0.1, 0.15) is 81.7 Å². The first-order valence-corrected chi connectivity index (χ1v) is 33.4. The Balaban J connectivity index is 1.09. The summed E-state index contributed by atoms with van der Waals surface area (Å²) in [6.45, 7) is 11.8. The smallest absolute Gasteiger partial charge is 0.407 e. The number of hydrogen-bond donors (Lipinski definition) is 7. The van der Waals surface area contributed by atoms with E-state index in [-0.39, 0.29) is 53.4 Å². The van der Waals surface area contributed by atoms with Crippen LogP contribution in [-0.4, -0.2) is 115 Å². The van der Waals surface area contributed by atoms with Crippen LogP contribution in [0.3, 0.4) is 0 Å². The van der Waals surface area contributed by atoms with Crippen LogP contribution in [0.5, 0.6) is 0 Å². The van der Waals surface area contributed by atoms with Crippen LogP contribution >= 0.6 is 68.0 Å². The number of nitrogens with zero attached hydrogens (tertiary/aromatic N) is 7. The minimum absolute atomic E-state index is 0.0148. The number of esters is 1. The lowest BCUT2D eigenvalue weighted by Crippen LogP contribution is -2.41. The van der Waals surface area contributed by atoms with Crippen LogP contribution in [0.15, 0.2) is 64.0 Å². The number of anilines is 1. The number of aromatic nitrogens is 7. The second-order valence-corrected chi connectivity index (χ2v) is 27.5. The van der Waals surface area contributed by atoms with Gasteiger partial charge in [-0.1, -0.05) is 44.2 Å². The monoisotopic (exact) mass is 1340 g/mol. The van der Waals surface area contributed by atoms with Crippen molar-refractivity contribution in [2.24, 2.45) is 5.92 Å². The number of benzene rings is 1. The Morgan fingerprint density at radius 2 is 1.40 bits per heavy atom. The molecule has 1 aromatic carbocycles. The highest BCUT2D eigenvalue weighted by Crippen LogP contribution is 2.41. The highest BCUT2D eigenvalue weighted by Gasteiger charge is 2.35. The van der Waals surface area contributed by atoms with E-state index in [0.29, 0.717) is 93.9 Å². The third-order valence-electron chi connectivity index (χ3n) is 13.3. The maximum Gasteiger partial charge on any atom is 0.407 e. The number of unbranched alkanes of at least 4 members (excludes halogenated alkanes) is 1. The number of ether oxygens (including phenoxy) is 3. The molecular formula is C59H64N14O11S6. The molecule has 9 rings (SSSR count). The number of carbonyl (C=O) groups is 8. The van der Waals surface area contributed by atoms with Crippen LogP contribution in [0, 0.1) is 12.8 Å². The fourth-order valence-electron chi connectivity index (χ4n) is 9.06. The lowest BCUT2D eigenvalue weighted by Gasteiger charge is -2.26. The molecule has 0 saturated heterocycles. The quantitative estimate of drug-likeness (QED) is 0.0371. The molecule has 8 aromatic rings. The summed E-state index contributed by atoms with van der Waals surface area (Å²) < 4.78 is 16.7. The fourth-order valence-corrected chi connectivity index (χ4v) is 14.6. The van der Waals surface area contributed by atoms with E-state index in [1.165, 1.54) is 66.4 Å². The highest BCUT2D eigenvalue weighted by atomic mass is 32.1. The van der Waals surface area contributed by atoms with E-state index in [2.05, 4.69) is 37.2 Å². The van der Waals surface area contributed by atoms with Crippen molar-refractivity contribution in [1.29, 1.82) is 0 Å². The molecular weight excluding hydrogens is 1270 g/mol. The zero-order valence-corrected chi connectivity index (χ0v) is 55.2. The molecule has 0 fully saturated rings. The van der Waals surface area contributed by atoms with Crippen molar-refractivity contribution in [2.45, 2.75) is 111 Å². The molecule has 25 nitrogen and oxygen atoms in total. The Morgan fingerprint density at radius 1 is 0.689 bits per heavy atom. The Labute approximate surface area is 541 Å². The first kappa shape index (κ1) is 66.1. The molecule has 31 heteroatoms. The number of hydrogen-bond acceptors (Lipinski definition) is 24. The fraction of sp³-hybridized carbons (Fsp3) is 0.373. The Bertz CT molecular complexity index is 3940. The molecule has 8 heterocycles. The van der Waals surface area contributed by atoms with E-state index in [0.717, 1.165) is 22.7 Å². The van der Waals surface area contributed by atoms with Crippen LogP contribution in [0.4, 0.5) is 10.6 Å². The van der Waals surface area contributed by atoms with Crippen molar-refractivity contribution in [2.75, 3.05) is 32.6 Å². The molecule has 0 radical (unpaired) electrons. The number of carbonyl (C=O) groups excluding carboxylic acids is 8. The van der Waals surface area contributed by atoms with Gasteiger partial charge in [-0.25, -0.2) is 39.7 Å². The van der Waals surface area contributed by atoms with Gasteiger partial charge < -0.3 is 51.4 Å². The topological polar surface area (TPSA) is 339 Å². The van der Waals surface area contributed by atoms with Crippen LogP contribution in [0.1, 0.15) is 153 Å². The van der Waals surface area contributed by atoms with E-state index >= 15 is 0 Å². The van der Waals surface area contributed by atoms with Gasteiger partial charge in [0.25, 0.3) is 17.7 Å². The van der Waals surface area contributed by atoms with Crippen LogP contribution < -0.4 is 37.2 Å². The van der Waals surface area contributed by atoms with Crippen molar-refractivity contribution in [3.63, 3.8) is 0 Å². The number of pyridine rings is 1. The molecule has 1 aliphatic rings. The average molecular weight is 1340 g/mol. The summed E-state index contributed by atoms with van der Waals surface area (Å²) >= 11 is 7.16. The summed E-state index contributed by atoms with van der Waals surface area (Å²) in [6, 6.07) is 9.56. The van der Waals surface area contributed by atoms with Crippen LogP contribution in [0.25, 0.3) is 43.4 Å². The number of alkyl carbamates (subject to hydrolysis) is 1. The van der Waals surface area contributed by atoms with Crippen LogP contribution in [0.2, 0.25) is 0 Å². The van der Waals surface area contributed by atoms with E-state index in [4.69, 9.17) is 49.1 Å². The van der Waals surface area contributed by atoms with E-state index in [9.17, 15) is 38.4 Å². The number of amides is 7. The largest absolute Gasteiger partial charge is 0.455 e. The summed E-state index contributed by atoms with van der Waals surface area (Å²) in [7, 11) is 2.93. The lowest BCUT2D eigenvalue weighted by molar-refractivity contribution is -0.149. The Kier molecular flexibility index (Phi) is 21.7. The van der Waals surface area contributed by atoms with Crippen LogP contribution in [-0.2, 0) is 40.0 Å². The van der Waals surface area contributed by atoms with Crippen molar-refractivity contribution in [3.05, 3.63) is 111 Å². The van der Waals surface area contributed by atoms with Gasteiger partial charge in [-0.05, 0) is 64.2 Å². The Hall–Kier alpha value is -8.33. The SMILES string of the molecule is CNC(=O)C[C@@H]1NC(=O)c2csc(n2)-c2ccc(-c3nc(NC(=O)CCCCNC(=O)OC(C)(C)C)cs3)nc2-c2csc(n2)-c2csc(n2)[C@H]([C@@H](OC(C)=O)c2ccccc2)NC(=O)CNC(=O)c2nc(sc2COC)[C@@H](C(C)C)NC(=O)c2nc1sc2C. The lowest BCUT2D eigenvalue weighted by atomic mass is 10.0. The molecule has 7 aromatic heterocycles. The van der Waals surface area contributed by atoms with Gasteiger partial charge >= 0.3 is 12.1 Å². The molecule has 0 aliphatic carbocycles. The maximum absolute atomic E-state index is 14.4. The molecule has 7 N–H and O–H groups in total. The number of methoxy groups -OCH3 is 1. The third-order valence-corrected chi connectivity index (χ3v) is 19.0. The summed E-state index contributed by atoms with van der Waals surface area (Å²) in [4.78, 5) is 143. The molecule has 1 aliphatic heterocycles. The van der Waals surface area contributed by atoms with Crippen molar-refractivity contribution < 1.29 is 52.6 Å². The van der Waals surface area contributed by atoms with Gasteiger partial charge in [0.05, 0.1) is 42.2 Å². The summed E-state index contributed by atoms with van der Waals surface area (Å²) in [6.07, 6.45) is -0.617. The standard InChI is InChI=1S/C59H64N14O11S6/c1-28(2)43-57-73-46(38(90-57)23-82-9)50(79)62-22-42(77)70-47(48(83-30(4)74)31-15-11-10-12-16-31)56-67-37(26-87-56)54-65-35(24-86-54)45-32(18-19-33(63-45)53-69-39(27-88-53)68-40(75)17-13-14-20-61-58(81)84-59(5,6)7)52-66-36(25-85-52)49(78)64-34(21-41(76)60-8)55-72-44(29(3)89-55)51(80)71-43/h10-12,15-16,18-19,24-28,34,43,47-48H,13-14,17,20-23H2,1-9H3,(H,60,76)(H,61,81)(H,62,79)(H,64,78)(H,68,75)(H,70,77)(H,71,80)/t34-,43+,47-,48-/m0/s1. The number of thiazole rings is 6. The average Bonchev–Trinajstić information content (AvgIpc) is 1.61. The molecule has 472 valence electrons. The predicted octanol–water partition coefficient (Wildman–Crippen LogP) is 9.52. The molecule has 7 amide bonds. The van der Waals surface area contributed by atoms with Gasteiger partial charge in [-0.2, -0.15) is 0 Å². The van der Waals surface area contributed by atoms with E-state index in [1.54, 1.807) is 91.7 Å². The van der Waals surface area contributed by atoms with E-state index < -0.39 is 78.0 Å². The molecule has 4 atom stereocenters. The summed E-state index contributed by atoms with van der Waals surface area (Å²) in [5.41, 5.74) is 2.05. The van der Waals surface area contributed by atoms with Gasteiger partial charge in [0, 0.05) is 66.0 Å². The third kappa shape index (κ3) is 16.7. The number of nitrogens with one attached hydrogen (secondary N) is 7. The van der Waals surface area contributed by atoms with Gasteiger partial charge in [-0.15, -0.1) is 68.0 Å². The summed E-state index contributed by atoms with van der Waals surface area (Å²) in [5.74, 6) is -3.78. The van der Waals surface area contributed by atoms with Gasteiger partial charge in [-0.3, -0.25) is 33.6 Å². The Morgan fingerprint density at radius 3 is 2.13 bits per heavy atom. The molecule has 0 unspecified atom stereocenters. The normalized spacial score (nSPS) is 16.0. The molecule has 90 heavy (non-hydrogen) atoms. The molecule has 10 bridgehead atoms. The predicted molar refractivity (Wildman–Crippen MR) is 343 cm³/mol. The number of fused-ring (bicyclic) bond motifs is 14. The number of aryl methyl sites for hydroxylation is 1. The molecule has 0 spiro atoms. The van der Waals surface area contributed by atoms with Crippen molar-refractivity contribution in [1.82, 2.24) is 66.8 Å². The first-order valence-electron chi connectivity index (χ1n) is 28.2.